The second-order valence-corrected chi connectivity index (χ2v) is 6.05. The second kappa shape index (κ2) is 5.38. The maximum atomic E-state index is 13.8. The van der Waals surface area contributed by atoms with Gasteiger partial charge in [-0.15, -0.1) is 11.3 Å². The molecule has 1 aromatic carbocycles. The molecule has 0 aliphatic carbocycles. The summed E-state index contributed by atoms with van der Waals surface area (Å²) in [5.74, 6) is 0.214. The van der Waals surface area contributed by atoms with E-state index in [1.165, 1.54) is 24.5 Å². The molecule has 0 N–H and O–H groups in total. The Morgan fingerprint density at radius 1 is 1.35 bits per heavy atom. The summed E-state index contributed by atoms with van der Waals surface area (Å²) < 4.78 is 19.5. The summed E-state index contributed by atoms with van der Waals surface area (Å²) in [5.41, 5.74) is 0.573. The second-order valence-electron chi connectivity index (χ2n) is 3.39. The van der Waals surface area contributed by atoms with Crippen LogP contribution in [0.25, 0.3) is 0 Å². The van der Waals surface area contributed by atoms with E-state index in [4.69, 9.17) is 16.3 Å². The van der Waals surface area contributed by atoms with Gasteiger partial charge in [-0.25, -0.2) is 4.39 Å². The third-order valence-corrected chi connectivity index (χ3v) is 4.91. The van der Waals surface area contributed by atoms with Crippen molar-refractivity contribution in [2.45, 2.75) is 4.83 Å². The maximum Gasteiger partial charge on any atom is 0.131 e. The Labute approximate surface area is 116 Å². The van der Waals surface area contributed by atoms with E-state index in [1.807, 2.05) is 6.07 Å². The van der Waals surface area contributed by atoms with Gasteiger partial charge in [-0.05, 0) is 18.2 Å². The van der Waals surface area contributed by atoms with Crippen molar-refractivity contribution in [2.24, 2.45) is 0 Å². The first-order chi connectivity index (χ1) is 8.11. The van der Waals surface area contributed by atoms with Crippen molar-refractivity contribution in [1.29, 1.82) is 0 Å². The Balaban J connectivity index is 2.34. The van der Waals surface area contributed by atoms with Crippen molar-refractivity contribution in [2.75, 3.05) is 7.11 Å². The molecule has 1 nitrogen and oxygen atoms in total. The van der Waals surface area contributed by atoms with Crippen LogP contribution in [-0.2, 0) is 0 Å². The van der Waals surface area contributed by atoms with Crippen LogP contribution in [0.5, 0.6) is 5.75 Å². The summed E-state index contributed by atoms with van der Waals surface area (Å²) in [4.78, 5) is 0.782. The Morgan fingerprint density at radius 3 is 2.65 bits per heavy atom. The lowest BCUT2D eigenvalue weighted by molar-refractivity contribution is 0.411. The van der Waals surface area contributed by atoms with E-state index in [-0.39, 0.29) is 10.6 Å². The van der Waals surface area contributed by atoms with Crippen LogP contribution in [0.3, 0.4) is 0 Å². The monoisotopic (exact) mass is 334 g/mol. The highest BCUT2D eigenvalue weighted by atomic mass is 79.9. The van der Waals surface area contributed by atoms with Gasteiger partial charge in [-0.3, -0.25) is 0 Å². The molecule has 2 aromatic rings. The van der Waals surface area contributed by atoms with Gasteiger partial charge in [0.2, 0.25) is 0 Å². The van der Waals surface area contributed by atoms with Crippen LogP contribution in [0.4, 0.5) is 4.39 Å². The molecule has 0 fully saturated rings. The molecule has 17 heavy (non-hydrogen) atoms. The molecule has 0 amide bonds. The highest BCUT2D eigenvalue weighted by molar-refractivity contribution is 9.09. The molecule has 1 atom stereocenters. The quantitative estimate of drug-likeness (QED) is 0.715. The van der Waals surface area contributed by atoms with E-state index >= 15 is 0 Å². The molecule has 0 bridgehead atoms. The zero-order chi connectivity index (χ0) is 12.4. The molecule has 1 aromatic heterocycles. The molecule has 0 saturated carbocycles. The first-order valence-corrected chi connectivity index (χ1v) is 6.95. The highest BCUT2D eigenvalue weighted by Gasteiger charge is 2.17. The van der Waals surface area contributed by atoms with Gasteiger partial charge >= 0.3 is 0 Å². The Kier molecular flexibility index (Phi) is 4.07. The van der Waals surface area contributed by atoms with E-state index in [0.29, 0.717) is 15.6 Å². The van der Waals surface area contributed by atoms with E-state index < -0.39 is 0 Å². The van der Waals surface area contributed by atoms with Gasteiger partial charge in [0.25, 0.3) is 0 Å². The van der Waals surface area contributed by atoms with Crippen molar-refractivity contribution in [1.82, 2.24) is 0 Å². The molecule has 0 saturated heterocycles. The van der Waals surface area contributed by atoms with Gasteiger partial charge in [0.05, 0.1) is 16.3 Å². The lowest BCUT2D eigenvalue weighted by Crippen LogP contribution is -1.95. The minimum absolute atomic E-state index is 0.189. The minimum atomic E-state index is -0.296. The fourth-order valence-corrected chi connectivity index (χ4v) is 3.32. The van der Waals surface area contributed by atoms with Crippen LogP contribution in [0.2, 0.25) is 4.34 Å². The largest absolute Gasteiger partial charge is 0.497 e. The first kappa shape index (κ1) is 12.9. The Hall–Kier alpha value is -0.580. The van der Waals surface area contributed by atoms with E-state index in [9.17, 15) is 4.39 Å². The number of hydrogen-bond donors (Lipinski definition) is 0. The minimum Gasteiger partial charge on any atom is -0.497 e. The Morgan fingerprint density at radius 2 is 2.12 bits per heavy atom. The number of rotatable bonds is 3. The smallest absolute Gasteiger partial charge is 0.131 e. The van der Waals surface area contributed by atoms with Gasteiger partial charge in [-0.1, -0.05) is 33.6 Å². The normalized spacial score (nSPS) is 12.5. The van der Waals surface area contributed by atoms with Gasteiger partial charge < -0.3 is 4.74 Å². The summed E-state index contributed by atoms with van der Waals surface area (Å²) >= 11 is 10.8. The summed E-state index contributed by atoms with van der Waals surface area (Å²) in [6, 6.07) is 8.51. The predicted molar refractivity (Wildman–Crippen MR) is 73.1 cm³/mol. The van der Waals surface area contributed by atoms with E-state index in [1.54, 1.807) is 18.2 Å². The zero-order valence-electron chi connectivity index (χ0n) is 8.91. The lowest BCUT2D eigenvalue weighted by atomic mass is 10.1. The average molecular weight is 336 g/mol. The molecular formula is C12H9BrClFOS. The van der Waals surface area contributed by atoms with Crippen LogP contribution in [0, 0.1) is 5.82 Å². The number of halogens is 3. The topological polar surface area (TPSA) is 9.23 Å². The fourth-order valence-electron chi connectivity index (χ4n) is 1.46. The molecular weight excluding hydrogens is 327 g/mol. The van der Waals surface area contributed by atoms with Crippen LogP contribution >= 0.6 is 38.9 Å². The van der Waals surface area contributed by atoms with Crippen LogP contribution in [-0.4, -0.2) is 7.11 Å². The number of ether oxygens (including phenoxy) is 1. The molecule has 0 spiro atoms. The molecule has 0 aliphatic rings. The van der Waals surface area contributed by atoms with Gasteiger partial charge in [-0.2, -0.15) is 0 Å². The molecule has 2 rings (SSSR count). The highest BCUT2D eigenvalue weighted by Crippen LogP contribution is 2.38. The van der Waals surface area contributed by atoms with Crippen molar-refractivity contribution in [3.63, 3.8) is 0 Å². The lowest BCUT2D eigenvalue weighted by Gasteiger charge is -2.10. The molecule has 1 unspecified atom stereocenters. The first-order valence-electron chi connectivity index (χ1n) is 4.84. The van der Waals surface area contributed by atoms with Gasteiger partial charge in [0, 0.05) is 16.5 Å². The summed E-state index contributed by atoms with van der Waals surface area (Å²) in [6.07, 6.45) is 0. The summed E-state index contributed by atoms with van der Waals surface area (Å²) in [7, 11) is 1.51. The SMILES string of the molecule is COc1ccc(C(Br)c2ccc(Cl)s2)c(F)c1. The van der Waals surface area contributed by atoms with Crippen LogP contribution < -0.4 is 4.74 Å². The predicted octanol–water partition coefficient (Wildman–Crippen LogP) is 5.03. The number of methoxy groups -OCH3 is 1. The van der Waals surface area contributed by atoms with Gasteiger partial charge in [0.1, 0.15) is 11.6 Å². The number of benzene rings is 1. The number of thiophene rings is 1. The molecule has 5 heteroatoms. The molecule has 1 heterocycles. The summed E-state index contributed by atoms with van der Waals surface area (Å²) in [6.45, 7) is 0. The van der Waals surface area contributed by atoms with Crippen LogP contribution in [0.15, 0.2) is 30.3 Å². The third-order valence-electron chi connectivity index (χ3n) is 2.32. The molecule has 0 radical (unpaired) electrons. The van der Waals surface area contributed by atoms with Gasteiger partial charge in [0.15, 0.2) is 0 Å². The van der Waals surface area contributed by atoms with E-state index in [0.717, 1.165) is 4.88 Å². The zero-order valence-corrected chi connectivity index (χ0v) is 12.1. The molecule has 0 aliphatic heterocycles. The fraction of sp³-hybridized carbons (Fsp3) is 0.167. The van der Waals surface area contributed by atoms with Crippen molar-refractivity contribution < 1.29 is 9.13 Å². The maximum absolute atomic E-state index is 13.8. The van der Waals surface area contributed by atoms with Crippen molar-refractivity contribution in [3.05, 3.63) is 50.9 Å². The standard InChI is InChI=1S/C12H9BrClFOS/c1-16-7-2-3-8(9(15)6-7)12(13)10-4-5-11(14)17-10/h2-6,12H,1H3. The van der Waals surface area contributed by atoms with Crippen LogP contribution in [0.1, 0.15) is 15.3 Å². The number of alkyl halides is 1. The molecule has 90 valence electrons. The number of hydrogen-bond acceptors (Lipinski definition) is 2. The Bertz CT molecular complexity index is 529. The third kappa shape index (κ3) is 2.81. The summed E-state index contributed by atoms with van der Waals surface area (Å²) in [5, 5.41) is 0. The van der Waals surface area contributed by atoms with E-state index in [2.05, 4.69) is 15.9 Å². The average Bonchev–Trinajstić information content (AvgIpc) is 2.75. The van der Waals surface area contributed by atoms with Crippen molar-refractivity contribution >= 4 is 38.9 Å². The van der Waals surface area contributed by atoms with Crippen molar-refractivity contribution in [3.8, 4) is 5.75 Å².